The van der Waals surface area contributed by atoms with Gasteiger partial charge in [-0.1, -0.05) is 6.92 Å². The molecular formula is C17H26N4. The Morgan fingerprint density at radius 3 is 2.33 bits per heavy atom. The first kappa shape index (κ1) is 15.4. The smallest absolute Gasteiger partial charge is 0.207 e. The minimum Gasteiger partial charge on any atom is -0.372 e. The summed E-state index contributed by atoms with van der Waals surface area (Å²) >= 11 is 0. The first-order valence-electron chi connectivity index (χ1n) is 7.84. The Labute approximate surface area is 127 Å². The Kier molecular flexibility index (Phi) is 5.26. The Bertz CT molecular complexity index is 553. The van der Waals surface area contributed by atoms with Gasteiger partial charge in [0.15, 0.2) is 0 Å². The highest BCUT2D eigenvalue weighted by Gasteiger charge is 2.08. The molecule has 0 spiro atoms. The molecule has 0 radical (unpaired) electrons. The number of rotatable bonds is 7. The maximum Gasteiger partial charge on any atom is 0.207 e. The molecule has 4 heteroatoms. The van der Waals surface area contributed by atoms with Crippen LogP contribution in [0.15, 0.2) is 30.5 Å². The predicted octanol–water partition coefficient (Wildman–Crippen LogP) is 3.85. The van der Waals surface area contributed by atoms with Crippen molar-refractivity contribution in [1.82, 2.24) is 9.55 Å². The number of nitrogens with zero attached hydrogens (tertiary/aromatic N) is 3. The molecule has 0 amide bonds. The monoisotopic (exact) mass is 286 g/mol. The molecule has 0 aliphatic carbocycles. The molecule has 0 unspecified atom stereocenters. The van der Waals surface area contributed by atoms with Gasteiger partial charge in [0.1, 0.15) is 0 Å². The average Bonchev–Trinajstić information content (AvgIpc) is 2.88. The molecule has 0 aliphatic rings. The fraction of sp³-hybridized carbons (Fsp3) is 0.471. The van der Waals surface area contributed by atoms with Crippen molar-refractivity contribution in [3.05, 3.63) is 36.2 Å². The number of anilines is 2. The highest BCUT2D eigenvalue weighted by Crippen LogP contribution is 2.21. The summed E-state index contributed by atoms with van der Waals surface area (Å²) in [4.78, 5) is 6.90. The molecule has 1 aromatic carbocycles. The lowest BCUT2D eigenvalue weighted by atomic mass is 10.2. The van der Waals surface area contributed by atoms with Crippen LogP contribution in [0.3, 0.4) is 0 Å². The van der Waals surface area contributed by atoms with Crippen molar-refractivity contribution in [2.45, 2.75) is 34.1 Å². The van der Waals surface area contributed by atoms with E-state index in [1.807, 2.05) is 6.92 Å². The van der Waals surface area contributed by atoms with E-state index in [9.17, 15) is 0 Å². The van der Waals surface area contributed by atoms with E-state index in [4.69, 9.17) is 0 Å². The van der Waals surface area contributed by atoms with Gasteiger partial charge in [-0.15, -0.1) is 0 Å². The highest BCUT2D eigenvalue weighted by atomic mass is 15.2. The first-order chi connectivity index (χ1) is 10.2. The number of hydrogen-bond donors (Lipinski definition) is 1. The van der Waals surface area contributed by atoms with Crippen LogP contribution in [-0.2, 0) is 0 Å². The molecular weight excluding hydrogens is 260 g/mol. The van der Waals surface area contributed by atoms with Crippen LogP contribution >= 0.6 is 0 Å². The van der Waals surface area contributed by atoms with E-state index in [0.717, 1.165) is 43.4 Å². The Morgan fingerprint density at radius 2 is 1.76 bits per heavy atom. The number of imidazole rings is 1. The SMILES string of the molecule is CCCNc1nc(C)cn1-c1ccc(N(CC)CC)cc1. The van der Waals surface area contributed by atoms with Gasteiger partial charge in [-0.2, -0.15) is 0 Å². The Balaban J connectivity index is 2.26. The van der Waals surface area contributed by atoms with Crippen LogP contribution in [-0.4, -0.2) is 29.2 Å². The maximum absolute atomic E-state index is 4.56. The van der Waals surface area contributed by atoms with Gasteiger partial charge in [-0.25, -0.2) is 4.98 Å². The summed E-state index contributed by atoms with van der Waals surface area (Å²) < 4.78 is 2.12. The lowest BCUT2D eigenvalue weighted by molar-refractivity contribution is 0.865. The van der Waals surface area contributed by atoms with Gasteiger partial charge in [0.05, 0.1) is 5.69 Å². The van der Waals surface area contributed by atoms with Crippen molar-refractivity contribution in [3.8, 4) is 5.69 Å². The maximum atomic E-state index is 4.56. The van der Waals surface area contributed by atoms with E-state index in [-0.39, 0.29) is 0 Å². The average molecular weight is 286 g/mol. The standard InChI is InChI=1S/C17H26N4/c1-5-12-18-17-19-14(4)13-21(17)16-10-8-15(9-11-16)20(6-2)7-3/h8-11,13H,5-7,12H2,1-4H3,(H,18,19). The zero-order valence-corrected chi connectivity index (χ0v) is 13.6. The molecule has 114 valence electrons. The van der Waals surface area contributed by atoms with Crippen molar-refractivity contribution in [2.24, 2.45) is 0 Å². The van der Waals surface area contributed by atoms with Crippen molar-refractivity contribution < 1.29 is 0 Å². The lowest BCUT2D eigenvalue weighted by Gasteiger charge is -2.21. The van der Waals surface area contributed by atoms with Crippen LogP contribution in [0.2, 0.25) is 0 Å². The Morgan fingerprint density at radius 1 is 1.10 bits per heavy atom. The van der Waals surface area contributed by atoms with Gasteiger partial charge in [-0.3, -0.25) is 4.57 Å². The quantitative estimate of drug-likeness (QED) is 0.839. The summed E-state index contributed by atoms with van der Waals surface area (Å²) in [6.45, 7) is 11.6. The van der Waals surface area contributed by atoms with Crippen LogP contribution in [0.25, 0.3) is 5.69 Å². The molecule has 1 aromatic heterocycles. The molecule has 0 fully saturated rings. The summed E-state index contributed by atoms with van der Waals surface area (Å²) in [5, 5.41) is 3.38. The van der Waals surface area contributed by atoms with Gasteiger partial charge >= 0.3 is 0 Å². The van der Waals surface area contributed by atoms with Crippen LogP contribution < -0.4 is 10.2 Å². The summed E-state index contributed by atoms with van der Waals surface area (Å²) in [7, 11) is 0. The number of hydrogen-bond acceptors (Lipinski definition) is 3. The molecule has 0 bridgehead atoms. The number of aryl methyl sites for hydroxylation is 1. The zero-order chi connectivity index (χ0) is 15.2. The zero-order valence-electron chi connectivity index (χ0n) is 13.6. The van der Waals surface area contributed by atoms with Crippen LogP contribution in [0.4, 0.5) is 11.6 Å². The van der Waals surface area contributed by atoms with Crippen LogP contribution in [0, 0.1) is 6.92 Å². The third-order valence-electron chi connectivity index (χ3n) is 3.62. The Hall–Kier alpha value is -1.97. The second-order valence-corrected chi connectivity index (χ2v) is 5.19. The van der Waals surface area contributed by atoms with Crippen LogP contribution in [0.1, 0.15) is 32.9 Å². The van der Waals surface area contributed by atoms with Crippen LogP contribution in [0.5, 0.6) is 0 Å². The predicted molar refractivity (Wildman–Crippen MR) is 90.6 cm³/mol. The van der Waals surface area contributed by atoms with E-state index in [1.165, 1.54) is 5.69 Å². The van der Waals surface area contributed by atoms with E-state index in [2.05, 4.69) is 71.0 Å². The second-order valence-electron chi connectivity index (χ2n) is 5.19. The number of aromatic nitrogens is 2. The fourth-order valence-corrected chi connectivity index (χ4v) is 2.47. The third-order valence-corrected chi connectivity index (χ3v) is 3.62. The van der Waals surface area contributed by atoms with Crippen molar-refractivity contribution in [3.63, 3.8) is 0 Å². The summed E-state index contributed by atoms with van der Waals surface area (Å²) in [6.07, 6.45) is 3.16. The van der Waals surface area contributed by atoms with E-state index in [0.29, 0.717) is 0 Å². The minimum absolute atomic E-state index is 0.921. The summed E-state index contributed by atoms with van der Waals surface area (Å²) in [5.74, 6) is 0.921. The third kappa shape index (κ3) is 3.57. The molecule has 2 aromatic rings. The largest absolute Gasteiger partial charge is 0.372 e. The van der Waals surface area contributed by atoms with Gasteiger partial charge in [0.2, 0.25) is 5.95 Å². The molecule has 0 aliphatic heterocycles. The van der Waals surface area contributed by atoms with Gasteiger partial charge in [-0.05, 0) is 51.5 Å². The molecule has 2 rings (SSSR count). The minimum atomic E-state index is 0.921. The second kappa shape index (κ2) is 7.16. The molecule has 0 saturated carbocycles. The molecule has 1 N–H and O–H groups in total. The summed E-state index contributed by atoms with van der Waals surface area (Å²) in [6, 6.07) is 8.68. The van der Waals surface area contributed by atoms with Crippen molar-refractivity contribution >= 4 is 11.6 Å². The normalized spacial score (nSPS) is 10.7. The lowest BCUT2D eigenvalue weighted by Crippen LogP contribution is -2.21. The topological polar surface area (TPSA) is 33.1 Å². The van der Waals surface area contributed by atoms with Crippen molar-refractivity contribution in [2.75, 3.05) is 29.9 Å². The molecule has 0 atom stereocenters. The number of benzene rings is 1. The first-order valence-corrected chi connectivity index (χ1v) is 7.84. The number of nitrogens with one attached hydrogen (secondary N) is 1. The molecule has 4 nitrogen and oxygen atoms in total. The summed E-state index contributed by atoms with van der Waals surface area (Å²) in [5.41, 5.74) is 3.44. The molecule has 0 saturated heterocycles. The van der Waals surface area contributed by atoms with Gasteiger partial charge in [0.25, 0.3) is 0 Å². The molecule has 1 heterocycles. The van der Waals surface area contributed by atoms with E-state index in [1.54, 1.807) is 0 Å². The fourth-order valence-electron chi connectivity index (χ4n) is 2.47. The highest BCUT2D eigenvalue weighted by molar-refractivity contribution is 5.53. The van der Waals surface area contributed by atoms with Gasteiger partial charge in [0, 0.05) is 37.2 Å². The van der Waals surface area contributed by atoms with Crippen molar-refractivity contribution in [1.29, 1.82) is 0 Å². The van der Waals surface area contributed by atoms with E-state index < -0.39 is 0 Å². The molecule has 21 heavy (non-hydrogen) atoms. The van der Waals surface area contributed by atoms with Gasteiger partial charge < -0.3 is 10.2 Å². The van der Waals surface area contributed by atoms with E-state index >= 15 is 0 Å².